The molecule has 3 heterocycles. The van der Waals surface area contributed by atoms with Gasteiger partial charge in [-0.1, -0.05) is 12.1 Å². The summed E-state index contributed by atoms with van der Waals surface area (Å²) < 4.78 is 39.8. The Morgan fingerprint density at radius 2 is 1.69 bits per heavy atom. The van der Waals surface area contributed by atoms with E-state index >= 15 is 0 Å². The van der Waals surface area contributed by atoms with Gasteiger partial charge in [-0.2, -0.15) is 13.2 Å². The van der Waals surface area contributed by atoms with E-state index in [2.05, 4.69) is 30.9 Å². The van der Waals surface area contributed by atoms with Gasteiger partial charge in [0.05, 0.1) is 21.3 Å². The predicted octanol–water partition coefficient (Wildman–Crippen LogP) is 6.66. The summed E-state index contributed by atoms with van der Waals surface area (Å²) >= 11 is 1.31. The number of pyridine rings is 1. The summed E-state index contributed by atoms with van der Waals surface area (Å²) in [4.78, 5) is 38.4. The number of thiophene rings is 1. The Kier molecular flexibility index (Phi) is 6.94. The van der Waals surface area contributed by atoms with Gasteiger partial charge in [-0.3, -0.25) is 14.6 Å². The van der Waals surface area contributed by atoms with Crippen molar-refractivity contribution in [3.63, 3.8) is 0 Å². The van der Waals surface area contributed by atoms with Crippen LogP contribution in [0.5, 0.6) is 0 Å². The summed E-state index contributed by atoms with van der Waals surface area (Å²) in [7, 11) is 0. The Hall–Kier alpha value is -4.84. The summed E-state index contributed by atoms with van der Waals surface area (Å²) in [5.41, 5.74) is 1.97. The Morgan fingerprint density at radius 3 is 2.46 bits per heavy atom. The molecule has 0 saturated heterocycles. The van der Waals surface area contributed by atoms with Crippen LogP contribution in [0.2, 0.25) is 0 Å². The number of nitrogens with one attached hydrogen (secondary N) is 3. The van der Waals surface area contributed by atoms with E-state index in [4.69, 9.17) is 0 Å². The van der Waals surface area contributed by atoms with E-state index in [0.29, 0.717) is 33.0 Å². The third-order valence-corrected chi connectivity index (χ3v) is 6.71. The molecule has 12 heteroatoms. The second-order valence-corrected chi connectivity index (χ2v) is 9.31. The minimum Gasteiger partial charge on any atom is -0.339 e. The number of fused-ring (bicyclic) bond motifs is 1. The monoisotopic (exact) mass is 548 g/mol. The van der Waals surface area contributed by atoms with Crippen molar-refractivity contribution >= 4 is 56.2 Å². The molecule has 2 amide bonds. The number of anilines is 4. The lowest BCUT2D eigenvalue weighted by atomic mass is 10.1. The number of nitrogens with zero attached hydrogens (tertiary/aromatic N) is 3. The third-order valence-electron chi connectivity index (χ3n) is 5.74. The smallest absolute Gasteiger partial charge is 0.339 e. The molecule has 0 saturated carbocycles. The highest BCUT2D eigenvalue weighted by Gasteiger charge is 2.31. The lowest BCUT2D eigenvalue weighted by Gasteiger charge is -2.12. The van der Waals surface area contributed by atoms with Crippen molar-refractivity contribution < 1.29 is 22.8 Å². The van der Waals surface area contributed by atoms with Gasteiger partial charge < -0.3 is 16.0 Å². The fourth-order valence-corrected chi connectivity index (χ4v) is 4.68. The van der Waals surface area contributed by atoms with Crippen LogP contribution < -0.4 is 16.0 Å². The fraction of sp³-hybridized carbons (Fsp3) is 0.0741. The molecule has 2 aromatic carbocycles. The second-order valence-electron chi connectivity index (χ2n) is 8.43. The van der Waals surface area contributed by atoms with Crippen molar-refractivity contribution in [3.8, 4) is 0 Å². The highest BCUT2D eigenvalue weighted by molar-refractivity contribution is 7.18. The first kappa shape index (κ1) is 25.8. The fourth-order valence-electron chi connectivity index (χ4n) is 3.74. The van der Waals surface area contributed by atoms with Crippen LogP contribution in [-0.2, 0) is 6.18 Å². The zero-order valence-electron chi connectivity index (χ0n) is 20.2. The topological polar surface area (TPSA) is 109 Å². The molecule has 0 unspecified atom stereocenters. The van der Waals surface area contributed by atoms with Crippen molar-refractivity contribution in [2.24, 2.45) is 0 Å². The van der Waals surface area contributed by atoms with E-state index in [0.717, 1.165) is 23.4 Å². The standard InChI is InChI=1S/C27H19F3N6O2S/c1-15-5-6-19(35-25(37)16-3-2-4-17(11-16)27(28,29)30)12-21(15)36-26(38)20-13-39-23-22(20)32-14-33-24(23)34-18-7-9-31-10-8-18/h2-14H,1H3,(H,35,37)(H,36,38)(H,31,32,33,34). The average Bonchev–Trinajstić information content (AvgIpc) is 3.36. The Bertz CT molecular complexity index is 1690. The maximum absolute atomic E-state index is 13.2. The molecule has 0 bridgehead atoms. The number of benzene rings is 2. The number of rotatable bonds is 6. The molecule has 196 valence electrons. The number of hydrogen-bond acceptors (Lipinski definition) is 7. The van der Waals surface area contributed by atoms with E-state index in [1.54, 1.807) is 55.0 Å². The van der Waals surface area contributed by atoms with Crippen molar-refractivity contribution in [1.82, 2.24) is 15.0 Å². The van der Waals surface area contributed by atoms with Gasteiger partial charge in [0, 0.05) is 40.4 Å². The predicted molar refractivity (Wildman–Crippen MR) is 143 cm³/mol. The number of hydrogen-bond donors (Lipinski definition) is 3. The molecular weight excluding hydrogens is 529 g/mol. The number of aromatic nitrogens is 3. The Morgan fingerprint density at radius 1 is 0.897 bits per heavy atom. The van der Waals surface area contributed by atoms with Gasteiger partial charge in [-0.25, -0.2) is 9.97 Å². The van der Waals surface area contributed by atoms with Crippen molar-refractivity contribution in [2.75, 3.05) is 16.0 Å². The van der Waals surface area contributed by atoms with Crippen LogP contribution in [0.4, 0.5) is 36.1 Å². The first-order valence-corrected chi connectivity index (χ1v) is 12.4. The molecule has 0 aliphatic rings. The Balaban J connectivity index is 1.35. The summed E-state index contributed by atoms with van der Waals surface area (Å²) in [6.45, 7) is 1.78. The van der Waals surface area contributed by atoms with Gasteiger partial charge in [-0.05, 0) is 55.0 Å². The first-order valence-electron chi connectivity index (χ1n) is 11.5. The zero-order chi connectivity index (χ0) is 27.6. The van der Waals surface area contributed by atoms with Gasteiger partial charge in [0.15, 0.2) is 5.82 Å². The summed E-state index contributed by atoms with van der Waals surface area (Å²) in [6.07, 6.45) is 0.0910. The molecule has 3 N–H and O–H groups in total. The van der Waals surface area contributed by atoms with Crippen LogP contribution >= 0.6 is 11.3 Å². The van der Waals surface area contributed by atoms with Gasteiger partial charge in [0.1, 0.15) is 6.33 Å². The molecule has 0 radical (unpaired) electrons. The van der Waals surface area contributed by atoms with Crippen molar-refractivity contribution in [1.29, 1.82) is 0 Å². The maximum atomic E-state index is 13.2. The lowest BCUT2D eigenvalue weighted by Crippen LogP contribution is -2.15. The molecule has 0 atom stereocenters. The molecule has 8 nitrogen and oxygen atoms in total. The summed E-state index contributed by atoms with van der Waals surface area (Å²) in [6, 6.07) is 12.5. The van der Waals surface area contributed by atoms with Crippen LogP contribution in [0.15, 0.2) is 78.7 Å². The van der Waals surface area contributed by atoms with Crippen LogP contribution in [0, 0.1) is 6.92 Å². The Labute approximate surface area is 224 Å². The summed E-state index contributed by atoms with van der Waals surface area (Å²) in [5.74, 6) is -0.581. The highest BCUT2D eigenvalue weighted by atomic mass is 32.1. The average molecular weight is 549 g/mol. The highest BCUT2D eigenvalue weighted by Crippen LogP contribution is 2.32. The second kappa shape index (κ2) is 10.5. The molecule has 0 aliphatic heterocycles. The van der Waals surface area contributed by atoms with E-state index in [9.17, 15) is 22.8 Å². The van der Waals surface area contributed by atoms with Crippen LogP contribution in [0.1, 0.15) is 31.8 Å². The van der Waals surface area contributed by atoms with Crippen molar-refractivity contribution in [2.45, 2.75) is 13.1 Å². The molecule has 0 fully saturated rings. The number of aryl methyl sites for hydroxylation is 1. The molecule has 5 aromatic rings. The molecule has 0 spiro atoms. The number of amides is 2. The van der Waals surface area contributed by atoms with E-state index < -0.39 is 23.6 Å². The minimum atomic E-state index is -4.57. The van der Waals surface area contributed by atoms with Crippen LogP contribution in [-0.4, -0.2) is 26.8 Å². The third kappa shape index (κ3) is 5.70. The number of halogens is 3. The quantitative estimate of drug-likeness (QED) is 0.219. The van der Waals surface area contributed by atoms with E-state index in [1.807, 2.05) is 0 Å². The molecular formula is C27H19F3N6O2S. The molecule has 3 aromatic heterocycles. The SMILES string of the molecule is Cc1ccc(NC(=O)c2cccc(C(F)(F)F)c2)cc1NC(=O)c1csc2c(Nc3ccncc3)ncnc12. The largest absolute Gasteiger partial charge is 0.416 e. The maximum Gasteiger partial charge on any atom is 0.416 e. The number of alkyl halides is 3. The van der Waals surface area contributed by atoms with E-state index in [1.165, 1.54) is 29.8 Å². The number of carbonyl (C=O) groups excluding carboxylic acids is 2. The van der Waals surface area contributed by atoms with Gasteiger partial charge in [0.25, 0.3) is 11.8 Å². The molecule has 5 rings (SSSR count). The van der Waals surface area contributed by atoms with Gasteiger partial charge in [-0.15, -0.1) is 11.3 Å². The number of carbonyl (C=O) groups is 2. The van der Waals surface area contributed by atoms with Crippen molar-refractivity contribution in [3.05, 3.63) is 101 Å². The van der Waals surface area contributed by atoms with Crippen LogP contribution in [0.25, 0.3) is 10.2 Å². The summed E-state index contributed by atoms with van der Waals surface area (Å²) in [5, 5.41) is 10.3. The van der Waals surface area contributed by atoms with Gasteiger partial charge in [0.2, 0.25) is 0 Å². The zero-order valence-corrected chi connectivity index (χ0v) is 21.0. The lowest BCUT2D eigenvalue weighted by molar-refractivity contribution is -0.137. The minimum absolute atomic E-state index is 0.142. The molecule has 0 aliphatic carbocycles. The van der Waals surface area contributed by atoms with E-state index in [-0.39, 0.29) is 5.56 Å². The first-order chi connectivity index (χ1) is 18.7. The van der Waals surface area contributed by atoms with Gasteiger partial charge >= 0.3 is 6.18 Å². The van der Waals surface area contributed by atoms with Crippen LogP contribution in [0.3, 0.4) is 0 Å². The normalized spacial score (nSPS) is 11.3. The molecule has 39 heavy (non-hydrogen) atoms.